The molecule has 2 aromatic carbocycles. The Balaban J connectivity index is 1.38. The minimum Gasteiger partial charge on any atom is -0.497 e. The van der Waals surface area contributed by atoms with Crippen LogP contribution in [0.3, 0.4) is 0 Å². The van der Waals surface area contributed by atoms with Gasteiger partial charge in [0.1, 0.15) is 5.75 Å². The van der Waals surface area contributed by atoms with Gasteiger partial charge in [-0.15, -0.1) is 0 Å². The number of nitrogens with zero attached hydrogens (tertiary/aromatic N) is 2. The Morgan fingerprint density at radius 2 is 1.90 bits per heavy atom. The zero-order chi connectivity index (χ0) is 20.9. The van der Waals surface area contributed by atoms with Crippen molar-refractivity contribution in [2.45, 2.75) is 19.4 Å². The van der Waals surface area contributed by atoms with E-state index in [1.165, 1.54) is 0 Å². The van der Waals surface area contributed by atoms with Crippen LogP contribution in [0.1, 0.15) is 37.7 Å². The van der Waals surface area contributed by atoms with Crippen LogP contribution in [-0.4, -0.2) is 47.1 Å². The number of amides is 2. The summed E-state index contributed by atoms with van der Waals surface area (Å²) in [6.07, 6.45) is 1.36. The van der Waals surface area contributed by atoms with Gasteiger partial charge in [0.2, 0.25) is 0 Å². The summed E-state index contributed by atoms with van der Waals surface area (Å²) in [6, 6.07) is 17.0. The molecule has 1 aliphatic heterocycles. The van der Waals surface area contributed by atoms with E-state index in [2.05, 4.69) is 15.5 Å². The minimum absolute atomic E-state index is 0.0340. The van der Waals surface area contributed by atoms with Crippen molar-refractivity contribution in [1.29, 1.82) is 0 Å². The molecule has 7 heteroatoms. The largest absolute Gasteiger partial charge is 0.497 e. The van der Waals surface area contributed by atoms with Gasteiger partial charge in [-0.05, 0) is 36.2 Å². The van der Waals surface area contributed by atoms with Crippen molar-refractivity contribution in [2.24, 2.45) is 0 Å². The summed E-state index contributed by atoms with van der Waals surface area (Å²) in [5.74, 6) is 0.545. The number of hydrogen-bond donors (Lipinski definition) is 2. The third-order valence-corrected chi connectivity index (χ3v) is 5.31. The van der Waals surface area contributed by atoms with Crippen LogP contribution >= 0.6 is 0 Å². The Morgan fingerprint density at radius 3 is 2.63 bits per heavy atom. The van der Waals surface area contributed by atoms with E-state index in [0.717, 1.165) is 22.6 Å². The Labute approximate surface area is 175 Å². The molecule has 7 nitrogen and oxygen atoms in total. The second-order valence-corrected chi connectivity index (χ2v) is 7.23. The molecule has 0 saturated heterocycles. The van der Waals surface area contributed by atoms with Gasteiger partial charge in [-0.2, -0.15) is 5.10 Å². The SMILES string of the molecule is COc1ccc(CCNC(=O)c2n[nH]c3c2CN(C(=O)c2ccccc2)CC3)cc1. The maximum atomic E-state index is 12.8. The van der Waals surface area contributed by atoms with E-state index >= 15 is 0 Å². The van der Waals surface area contributed by atoms with E-state index in [1.54, 1.807) is 24.1 Å². The lowest BCUT2D eigenvalue weighted by Crippen LogP contribution is -2.37. The van der Waals surface area contributed by atoms with Crippen LogP contribution in [0.25, 0.3) is 0 Å². The number of carbonyl (C=O) groups excluding carboxylic acids is 2. The number of aromatic amines is 1. The van der Waals surface area contributed by atoms with Crippen LogP contribution in [0.5, 0.6) is 5.75 Å². The minimum atomic E-state index is -0.227. The molecule has 0 saturated carbocycles. The van der Waals surface area contributed by atoms with Gasteiger partial charge in [0, 0.05) is 36.3 Å². The van der Waals surface area contributed by atoms with E-state index in [9.17, 15) is 9.59 Å². The number of fused-ring (bicyclic) bond motifs is 1. The fraction of sp³-hybridized carbons (Fsp3) is 0.261. The van der Waals surface area contributed by atoms with E-state index in [1.807, 2.05) is 42.5 Å². The molecule has 1 aliphatic rings. The molecule has 3 aromatic rings. The molecule has 1 aromatic heterocycles. The van der Waals surface area contributed by atoms with Crippen LogP contribution in [0.15, 0.2) is 54.6 Å². The van der Waals surface area contributed by atoms with Crippen LogP contribution in [0.4, 0.5) is 0 Å². The fourth-order valence-electron chi connectivity index (χ4n) is 3.62. The number of ether oxygens (including phenoxy) is 1. The molecule has 2 amide bonds. The van der Waals surface area contributed by atoms with E-state index in [-0.39, 0.29) is 11.8 Å². The lowest BCUT2D eigenvalue weighted by molar-refractivity contribution is 0.0731. The summed E-state index contributed by atoms with van der Waals surface area (Å²) < 4.78 is 5.16. The standard InChI is InChI=1S/C23H24N4O3/c1-30-18-9-7-16(8-10-18)11-13-24-22(28)21-19-15-27(14-12-20(19)25-26-21)23(29)17-5-3-2-4-6-17/h2-10H,11-15H2,1H3,(H,24,28)(H,25,26). The lowest BCUT2D eigenvalue weighted by atomic mass is 10.0. The third kappa shape index (κ3) is 4.20. The predicted molar refractivity (Wildman–Crippen MR) is 113 cm³/mol. The van der Waals surface area contributed by atoms with Crippen molar-refractivity contribution in [2.75, 3.05) is 20.2 Å². The number of benzene rings is 2. The Hall–Kier alpha value is -3.61. The highest BCUT2D eigenvalue weighted by molar-refractivity contribution is 5.96. The van der Waals surface area contributed by atoms with Crippen LogP contribution < -0.4 is 10.1 Å². The molecular weight excluding hydrogens is 380 g/mol. The quantitative estimate of drug-likeness (QED) is 0.661. The highest BCUT2D eigenvalue weighted by atomic mass is 16.5. The zero-order valence-electron chi connectivity index (χ0n) is 16.9. The molecule has 2 N–H and O–H groups in total. The van der Waals surface area contributed by atoms with Crippen molar-refractivity contribution in [3.8, 4) is 5.75 Å². The Kier molecular flexibility index (Phi) is 5.79. The molecule has 0 bridgehead atoms. The van der Waals surface area contributed by atoms with E-state index < -0.39 is 0 Å². The van der Waals surface area contributed by atoms with Gasteiger partial charge in [-0.3, -0.25) is 14.7 Å². The van der Waals surface area contributed by atoms with Crippen molar-refractivity contribution in [3.63, 3.8) is 0 Å². The second-order valence-electron chi connectivity index (χ2n) is 7.23. The zero-order valence-corrected chi connectivity index (χ0v) is 16.9. The third-order valence-electron chi connectivity index (χ3n) is 5.31. The number of H-pyrrole nitrogens is 1. The molecule has 0 unspecified atom stereocenters. The van der Waals surface area contributed by atoms with Crippen LogP contribution in [-0.2, 0) is 19.4 Å². The van der Waals surface area contributed by atoms with Crippen molar-refractivity contribution in [1.82, 2.24) is 20.4 Å². The van der Waals surface area contributed by atoms with E-state index in [4.69, 9.17) is 4.74 Å². The molecule has 0 fully saturated rings. The van der Waals surface area contributed by atoms with Crippen LogP contribution in [0, 0.1) is 0 Å². The van der Waals surface area contributed by atoms with Crippen molar-refractivity contribution in [3.05, 3.63) is 82.7 Å². The summed E-state index contributed by atoms with van der Waals surface area (Å²) in [5, 5.41) is 10.1. The first-order chi connectivity index (χ1) is 14.7. The molecule has 0 atom stereocenters. The molecule has 30 heavy (non-hydrogen) atoms. The van der Waals surface area contributed by atoms with Crippen LogP contribution in [0.2, 0.25) is 0 Å². The number of nitrogens with one attached hydrogen (secondary N) is 2. The number of aromatic nitrogens is 2. The van der Waals surface area contributed by atoms with E-state index in [0.29, 0.717) is 43.7 Å². The highest BCUT2D eigenvalue weighted by Gasteiger charge is 2.28. The monoisotopic (exact) mass is 404 g/mol. The first kappa shape index (κ1) is 19.7. The second kappa shape index (κ2) is 8.82. The first-order valence-corrected chi connectivity index (χ1v) is 9.97. The predicted octanol–water partition coefficient (Wildman–Crippen LogP) is 2.59. The normalized spacial score (nSPS) is 12.9. The summed E-state index contributed by atoms with van der Waals surface area (Å²) in [5.41, 5.74) is 3.85. The van der Waals surface area contributed by atoms with Crippen molar-refractivity contribution < 1.29 is 14.3 Å². The molecule has 0 radical (unpaired) electrons. The number of methoxy groups -OCH3 is 1. The number of rotatable bonds is 6. The smallest absolute Gasteiger partial charge is 0.272 e. The van der Waals surface area contributed by atoms with Gasteiger partial charge in [0.05, 0.1) is 13.7 Å². The van der Waals surface area contributed by atoms with Gasteiger partial charge in [-0.1, -0.05) is 30.3 Å². The summed E-state index contributed by atoms with van der Waals surface area (Å²) >= 11 is 0. The molecule has 4 rings (SSSR count). The number of carbonyl (C=O) groups is 2. The molecular formula is C23H24N4O3. The van der Waals surface area contributed by atoms with Gasteiger partial charge < -0.3 is 15.0 Å². The average Bonchev–Trinajstić information content (AvgIpc) is 3.23. The summed E-state index contributed by atoms with van der Waals surface area (Å²) in [6.45, 7) is 1.47. The maximum Gasteiger partial charge on any atom is 0.272 e. The molecule has 0 spiro atoms. The van der Waals surface area contributed by atoms with Gasteiger partial charge in [0.15, 0.2) is 5.69 Å². The first-order valence-electron chi connectivity index (χ1n) is 9.97. The summed E-state index contributed by atoms with van der Waals surface area (Å²) in [4.78, 5) is 27.2. The highest BCUT2D eigenvalue weighted by Crippen LogP contribution is 2.22. The fourth-order valence-corrected chi connectivity index (χ4v) is 3.62. The van der Waals surface area contributed by atoms with Gasteiger partial charge in [0.25, 0.3) is 11.8 Å². The summed E-state index contributed by atoms with van der Waals surface area (Å²) in [7, 11) is 1.63. The molecule has 154 valence electrons. The van der Waals surface area contributed by atoms with Crippen molar-refractivity contribution >= 4 is 11.8 Å². The molecule has 0 aliphatic carbocycles. The number of hydrogen-bond acceptors (Lipinski definition) is 4. The molecule has 2 heterocycles. The maximum absolute atomic E-state index is 12.8. The Morgan fingerprint density at radius 1 is 1.13 bits per heavy atom. The average molecular weight is 404 g/mol. The Bertz CT molecular complexity index is 1030. The topological polar surface area (TPSA) is 87.3 Å². The van der Waals surface area contributed by atoms with Gasteiger partial charge >= 0.3 is 0 Å². The van der Waals surface area contributed by atoms with Gasteiger partial charge in [-0.25, -0.2) is 0 Å². The lowest BCUT2D eigenvalue weighted by Gasteiger charge is -2.27.